The number of aromatic nitrogens is 2. The Bertz CT molecular complexity index is 1070. The van der Waals surface area contributed by atoms with Gasteiger partial charge in [-0.2, -0.15) is 0 Å². The Morgan fingerprint density at radius 3 is 2.41 bits per heavy atom. The highest BCUT2D eigenvalue weighted by atomic mass is 16.5. The third-order valence-electron chi connectivity index (χ3n) is 5.44. The minimum absolute atomic E-state index is 0.00210. The average molecular weight is 434 g/mol. The van der Waals surface area contributed by atoms with Gasteiger partial charge in [0.15, 0.2) is 0 Å². The summed E-state index contributed by atoms with van der Waals surface area (Å²) in [6.45, 7) is 3.96. The predicted octanol–water partition coefficient (Wildman–Crippen LogP) is 3.64. The zero-order valence-corrected chi connectivity index (χ0v) is 18.4. The van der Waals surface area contributed by atoms with E-state index in [1.807, 2.05) is 60.4 Å². The number of carbonyl (C=O) groups is 1. The van der Waals surface area contributed by atoms with Crippen molar-refractivity contribution in [2.75, 3.05) is 38.8 Å². The number of anilines is 1. The van der Waals surface area contributed by atoms with E-state index in [1.165, 1.54) is 6.33 Å². The third kappa shape index (κ3) is 4.74. The van der Waals surface area contributed by atoms with Crippen LogP contribution in [0.25, 0.3) is 0 Å². The van der Waals surface area contributed by atoms with Gasteiger partial charge in [-0.25, -0.2) is 9.97 Å². The van der Waals surface area contributed by atoms with Crippen molar-refractivity contribution in [2.45, 2.75) is 13.0 Å². The minimum atomic E-state index is 0.00210. The first-order chi connectivity index (χ1) is 15.6. The van der Waals surface area contributed by atoms with Crippen LogP contribution >= 0.6 is 0 Å². The second kappa shape index (κ2) is 9.55. The molecule has 3 aromatic rings. The molecule has 0 saturated carbocycles. The van der Waals surface area contributed by atoms with Gasteiger partial charge in [-0.1, -0.05) is 6.07 Å². The highest BCUT2D eigenvalue weighted by molar-refractivity contribution is 5.95. The molecule has 1 amide bonds. The Balaban J connectivity index is 1.42. The van der Waals surface area contributed by atoms with Crippen molar-refractivity contribution >= 4 is 11.7 Å². The van der Waals surface area contributed by atoms with Crippen LogP contribution in [0.4, 0.5) is 5.82 Å². The summed E-state index contributed by atoms with van der Waals surface area (Å²) in [5.41, 5.74) is 0.627. The Morgan fingerprint density at radius 2 is 1.69 bits per heavy atom. The molecule has 32 heavy (non-hydrogen) atoms. The monoisotopic (exact) mass is 434 g/mol. The SMILES string of the molecule is COc1ccc(Oc2cc(N3CCN(C(=O)c4cccc(OC)c4)C(C)C3)ncn2)cc1. The number of hydrogen-bond donors (Lipinski definition) is 0. The van der Waals surface area contributed by atoms with Crippen LogP contribution in [-0.2, 0) is 0 Å². The van der Waals surface area contributed by atoms with E-state index in [0.717, 1.165) is 11.6 Å². The molecule has 0 spiro atoms. The van der Waals surface area contributed by atoms with Crippen LogP contribution in [0.5, 0.6) is 23.1 Å². The quantitative estimate of drug-likeness (QED) is 0.586. The summed E-state index contributed by atoms with van der Waals surface area (Å²) in [7, 11) is 3.22. The first-order valence-corrected chi connectivity index (χ1v) is 10.4. The van der Waals surface area contributed by atoms with E-state index in [-0.39, 0.29) is 11.9 Å². The fourth-order valence-electron chi connectivity index (χ4n) is 3.71. The molecule has 0 bridgehead atoms. The number of amides is 1. The van der Waals surface area contributed by atoms with Gasteiger partial charge in [0.05, 0.1) is 14.2 Å². The van der Waals surface area contributed by atoms with Crippen molar-refractivity contribution < 1.29 is 19.0 Å². The van der Waals surface area contributed by atoms with E-state index in [4.69, 9.17) is 14.2 Å². The summed E-state index contributed by atoms with van der Waals surface area (Å²) in [6.07, 6.45) is 1.49. The predicted molar refractivity (Wildman–Crippen MR) is 121 cm³/mol. The molecule has 1 saturated heterocycles. The molecule has 166 valence electrons. The van der Waals surface area contributed by atoms with E-state index in [2.05, 4.69) is 14.9 Å². The number of ether oxygens (including phenoxy) is 3. The molecule has 1 unspecified atom stereocenters. The lowest BCUT2D eigenvalue weighted by Gasteiger charge is -2.40. The molecular weight excluding hydrogens is 408 g/mol. The molecular formula is C24H26N4O4. The zero-order chi connectivity index (χ0) is 22.5. The van der Waals surface area contributed by atoms with Crippen molar-refractivity contribution in [3.8, 4) is 23.1 Å². The maximum atomic E-state index is 13.0. The van der Waals surface area contributed by atoms with E-state index >= 15 is 0 Å². The van der Waals surface area contributed by atoms with Crippen LogP contribution in [0.3, 0.4) is 0 Å². The zero-order valence-electron chi connectivity index (χ0n) is 18.4. The number of hydrogen-bond acceptors (Lipinski definition) is 7. The summed E-state index contributed by atoms with van der Waals surface area (Å²) in [5.74, 6) is 3.33. The van der Waals surface area contributed by atoms with Gasteiger partial charge < -0.3 is 24.0 Å². The normalized spacial score (nSPS) is 15.9. The molecule has 0 N–H and O–H groups in total. The summed E-state index contributed by atoms with van der Waals surface area (Å²) in [4.78, 5) is 25.7. The topological polar surface area (TPSA) is 77.0 Å². The molecule has 1 aliphatic heterocycles. The molecule has 1 fully saturated rings. The van der Waals surface area contributed by atoms with Gasteiger partial charge in [-0.05, 0) is 49.4 Å². The van der Waals surface area contributed by atoms with Crippen LogP contribution in [-0.4, -0.2) is 60.7 Å². The van der Waals surface area contributed by atoms with Gasteiger partial charge >= 0.3 is 0 Å². The highest BCUT2D eigenvalue weighted by Crippen LogP contribution is 2.26. The highest BCUT2D eigenvalue weighted by Gasteiger charge is 2.29. The minimum Gasteiger partial charge on any atom is -0.497 e. The maximum absolute atomic E-state index is 13.0. The Hall–Kier alpha value is -3.81. The second-order valence-corrected chi connectivity index (χ2v) is 7.52. The summed E-state index contributed by atoms with van der Waals surface area (Å²) in [5, 5.41) is 0. The number of benzene rings is 2. The van der Waals surface area contributed by atoms with Crippen molar-refractivity contribution in [1.29, 1.82) is 0 Å². The summed E-state index contributed by atoms with van der Waals surface area (Å²) < 4.78 is 16.3. The Kier molecular flexibility index (Phi) is 6.39. The van der Waals surface area contributed by atoms with Crippen LogP contribution < -0.4 is 19.1 Å². The average Bonchev–Trinajstić information content (AvgIpc) is 2.84. The van der Waals surface area contributed by atoms with Crippen LogP contribution in [0.1, 0.15) is 17.3 Å². The number of nitrogens with zero attached hydrogens (tertiary/aromatic N) is 4. The van der Waals surface area contributed by atoms with Crippen LogP contribution in [0.2, 0.25) is 0 Å². The van der Waals surface area contributed by atoms with Gasteiger partial charge in [0.1, 0.15) is 29.4 Å². The third-order valence-corrected chi connectivity index (χ3v) is 5.44. The molecule has 0 radical (unpaired) electrons. The molecule has 0 aliphatic carbocycles. The van der Waals surface area contributed by atoms with Gasteiger partial charge in [-0.15, -0.1) is 0 Å². The first kappa shape index (κ1) is 21.4. The van der Waals surface area contributed by atoms with Crippen LogP contribution in [0.15, 0.2) is 60.9 Å². The fraction of sp³-hybridized carbons (Fsp3) is 0.292. The lowest BCUT2D eigenvalue weighted by Crippen LogP contribution is -2.54. The van der Waals surface area contributed by atoms with E-state index in [9.17, 15) is 4.79 Å². The lowest BCUT2D eigenvalue weighted by molar-refractivity contribution is 0.0673. The number of methoxy groups -OCH3 is 2. The molecule has 1 aliphatic rings. The molecule has 1 aromatic heterocycles. The first-order valence-electron chi connectivity index (χ1n) is 10.4. The van der Waals surface area contributed by atoms with Gasteiger partial charge in [0.25, 0.3) is 5.91 Å². The summed E-state index contributed by atoms with van der Waals surface area (Å²) >= 11 is 0. The van der Waals surface area contributed by atoms with E-state index < -0.39 is 0 Å². The van der Waals surface area contributed by atoms with Gasteiger partial charge in [-0.3, -0.25) is 4.79 Å². The van der Waals surface area contributed by atoms with Gasteiger partial charge in [0, 0.05) is 37.3 Å². The second-order valence-electron chi connectivity index (χ2n) is 7.52. The molecule has 2 aromatic carbocycles. The molecule has 4 rings (SSSR count). The Labute approximate surface area is 187 Å². The lowest BCUT2D eigenvalue weighted by atomic mass is 10.1. The van der Waals surface area contributed by atoms with Crippen molar-refractivity contribution in [3.05, 3.63) is 66.5 Å². The summed E-state index contributed by atoms with van der Waals surface area (Å²) in [6, 6.07) is 16.4. The fourth-order valence-corrected chi connectivity index (χ4v) is 3.71. The molecule has 1 atom stereocenters. The molecule has 8 heteroatoms. The van der Waals surface area contributed by atoms with E-state index in [0.29, 0.717) is 42.6 Å². The standard InChI is InChI=1S/C24H26N4O4/c1-17-15-27(11-12-28(17)24(29)18-5-4-6-21(13-18)31-3)22-14-23(26-16-25-22)32-20-9-7-19(30-2)8-10-20/h4-10,13-14,16-17H,11-12,15H2,1-3H3. The smallest absolute Gasteiger partial charge is 0.254 e. The largest absolute Gasteiger partial charge is 0.497 e. The Morgan fingerprint density at radius 1 is 0.938 bits per heavy atom. The van der Waals surface area contributed by atoms with Crippen molar-refractivity contribution in [1.82, 2.24) is 14.9 Å². The van der Waals surface area contributed by atoms with Crippen LogP contribution in [0, 0.1) is 0 Å². The number of carbonyl (C=O) groups excluding carboxylic acids is 1. The molecule has 8 nitrogen and oxygen atoms in total. The molecule has 2 heterocycles. The van der Waals surface area contributed by atoms with Gasteiger partial charge in [0.2, 0.25) is 5.88 Å². The van der Waals surface area contributed by atoms with Crippen molar-refractivity contribution in [2.24, 2.45) is 0 Å². The van der Waals surface area contributed by atoms with E-state index in [1.54, 1.807) is 20.3 Å². The maximum Gasteiger partial charge on any atom is 0.254 e. The van der Waals surface area contributed by atoms with Crippen molar-refractivity contribution in [3.63, 3.8) is 0 Å². The number of rotatable bonds is 6. The number of piperazine rings is 1.